The van der Waals surface area contributed by atoms with E-state index in [-0.39, 0.29) is 6.10 Å². The minimum Gasteiger partial charge on any atom is -0.393 e. The summed E-state index contributed by atoms with van der Waals surface area (Å²) in [6.45, 7) is 14.8. The van der Waals surface area contributed by atoms with Crippen LogP contribution in [0.3, 0.4) is 0 Å². The van der Waals surface area contributed by atoms with Gasteiger partial charge in [0.2, 0.25) is 0 Å². The van der Waals surface area contributed by atoms with Crippen LogP contribution in [0.5, 0.6) is 0 Å². The SMILES string of the molecule is C=C(C)[C@](C)(O)/C=C/C(C)[C@H]1CCC2C(/C=C/C3=C(C)CC[C@H](O)C3)CCCC21C. The van der Waals surface area contributed by atoms with Gasteiger partial charge in [0.05, 0.1) is 6.10 Å². The van der Waals surface area contributed by atoms with E-state index in [4.69, 9.17) is 0 Å². The van der Waals surface area contributed by atoms with Gasteiger partial charge < -0.3 is 10.2 Å². The van der Waals surface area contributed by atoms with Crippen LogP contribution in [-0.2, 0) is 0 Å². The Bertz CT molecular complexity index is 725. The predicted octanol–water partition coefficient (Wildman–Crippen LogP) is 6.76. The summed E-state index contributed by atoms with van der Waals surface area (Å²) in [5.41, 5.74) is 3.08. The molecule has 168 valence electrons. The summed E-state index contributed by atoms with van der Waals surface area (Å²) in [7, 11) is 0. The maximum atomic E-state index is 10.5. The molecule has 2 heteroatoms. The van der Waals surface area contributed by atoms with Crippen molar-refractivity contribution in [1.29, 1.82) is 0 Å². The van der Waals surface area contributed by atoms with E-state index < -0.39 is 5.60 Å². The van der Waals surface area contributed by atoms with Gasteiger partial charge in [0, 0.05) is 0 Å². The molecule has 0 spiro atoms. The number of fused-ring (bicyclic) bond motifs is 1. The van der Waals surface area contributed by atoms with Crippen LogP contribution in [0.1, 0.15) is 86.0 Å². The molecule has 0 aliphatic heterocycles. The smallest absolute Gasteiger partial charge is 0.100 e. The van der Waals surface area contributed by atoms with Crippen molar-refractivity contribution in [3.05, 3.63) is 47.6 Å². The molecule has 4 unspecified atom stereocenters. The monoisotopic (exact) mass is 412 g/mol. The highest BCUT2D eigenvalue weighted by atomic mass is 16.3. The van der Waals surface area contributed by atoms with E-state index in [9.17, 15) is 10.2 Å². The summed E-state index contributed by atoms with van der Waals surface area (Å²) in [4.78, 5) is 0. The van der Waals surface area contributed by atoms with Gasteiger partial charge in [-0.2, -0.15) is 0 Å². The first kappa shape index (κ1) is 23.5. The minimum atomic E-state index is -0.916. The third kappa shape index (κ3) is 4.86. The lowest BCUT2D eigenvalue weighted by atomic mass is 9.59. The van der Waals surface area contributed by atoms with E-state index in [0.717, 1.165) is 30.8 Å². The molecule has 0 aromatic rings. The first-order valence-corrected chi connectivity index (χ1v) is 12.2. The normalized spacial score (nSPS) is 38.1. The molecule has 2 N–H and O–H groups in total. The Hall–Kier alpha value is -1.12. The average Bonchev–Trinajstić information content (AvgIpc) is 3.04. The van der Waals surface area contributed by atoms with Crippen molar-refractivity contribution in [2.24, 2.45) is 29.1 Å². The molecule has 3 rings (SSSR count). The summed E-state index contributed by atoms with van der Waals surface area (Å²) < 4.78 is 0. The lowest BCUT2D eigenvalue weighted by Crippen LogP contribution is -2.38. The van der Waals surface area contributed by atoms with Gasteiger partial charge >= 0.3 is 0 Å². The highest BCUT2D eigenvalue weighted by Gasteiger charge is 2.51. The van der Waals surface area contributed by atoms with Crippen LogP contribution < -0.4 is 0 Å². The highest BCUT2D eigenvalue weighted by molar-refractivity contribution is 5.28. The molecule has 30 heavy (non-hydrogen) atoms. The van der Waals surface area contributed by atoms with Gasteiger partial charge in [0.25, 0.3) is 0 Å². The van der Waals surface area contributed by atoms with Crippen LogP contribution >= 0.6 is 0 Å². The summed E-state index contributed by atoms with van der Waals surface area (Å²) in [5, 5.41) is 20.6. The Balaban J connectivity index is 1.73. The van der Waals surface area contributed by atoms with E-state index in [1.165, 1.54) is 43.3 Å². The molecule has 2 fully saturated rings. The van der Waals surface area contributed by atoms with Gasteiger partial charge in [-0.05, 0) is 106 Å². The quantitative estimate of drug-likeness (QED) is 0.473. The van der Waals surface area contributed by atoms with Gasteiger partial charge in [0.15, 0.2) is 0 Å². The molecular formula is C28H44O2. The summed E-state index contributed by atoms with van der Waals surface area (Å²) >= 11 is 0. The Morgan fingerprint density at radius 3 is 2.70 bits per heavy atom. The minimum absolute atomic E-state index is 0.162. The van der Waals surface area contributed by atoms with Crippen molar-refractivity contribution in [2.75, 3.05) is 0 Å². The van der Waals surface area contributed by atoms with Crippen LogP contribution in [0, 0.1) is 29.1 Å². The van der Waals surface area contributed by atoms with E-state index in [1.807, 2.05) is 19.9 Å². The second kappa shape index (κ2) is 9.17. The van der Waals surface area contributed by atoms with Crippen molar-refractivity contribution in [2.45, 2.75) is 97.7 Å². The fourth-order valence-electron chi connectivity index (χ4n) is 6.52. The molecule has 0 bridgehead atoms. The lowest BCUT2D eigenvalue weighted by Gasteiger charge is -2.46. The molecule has 3 aliphatic carbocycles. The Labute approximate surface area is 184 Å². The molecule has 0 saturated heterocycles. The Morgan fingerprint density at radius 2 is 2.00 bits per heavy atom. The fourth-order valence-corrected chi connectivity index (χ4v) is 6.52. The molecule has 7 atom stereocenters. The van der Waals surface area contributed by atoms with Crippen LogP contribution in [0.25, 0.3) is 0 Å². The average molecular weight is 413 g/mol. The van der Waals surface area contributed by atoms with Gasteiger partial charge in [-0.25, -0.2) is 0 Å². The lowest BCUT2D eigenvalue weighted by molar-refractivity contribution is 0.0545. The van der Waals surface area contributed by atoms with Gasteiger partial charge in [0.1, 0.15) is 5.60 Å². The predicted molar refractivity (Wildman–Crippen MR) is 127 cm³/mol. The van der Waals surface area contributed by atoms with Crippen molar-refractivity contribution < 1.29 is 10.2 Å². The molecule has 2 nitrogen and oxygen atoms in total. The number of hydrogen-bond acceptors (Lipinski definition) is 2. The molecule has 0 amide bonds. The van der Waals surface area contributed by atoms with Crippen molar-refractivity contribution >= 4 is 0 Å². The Morgan fingerprint density at radius 1 is 1.27 bits per heavy atom. The standard InChI is InChI=1S/C28H44O2/c1-19(2)28(6,30)17-15-21(4)25-13-14-26-22(8-7-16-27(25,26)5)10-11-23-18-24(29)12-9-20(23)3/h10-11,15,17,21-22,24-26,29-30H,1,7-9,12-14,16,18H2,2-6H3/b11-10+,17-15+/t21?,22?,24-,25+,26?,27?,28+/m0/s1. The molecule has 0 heterocycles. The highest BCUT2D eigenvalue weighted by Crippen LogP contribution is 2.60. The number of aliphatic hydroxyl groups is 2. The third-order valence-corrected chi connectivity index (χ3v) is 8.88. The van der Waals surface area contributed by atoms with Crippen LogP contribution in [-0.4, -0.2) is 21.9 Å². The van der Waals surface area contributed by atoms with Crippen molar-refractivity contribution in [3.8, 4) is 0 Å². The molecule has 0 aromatic heterocycles. The zero-order valence-electron chi connectivity index (χ0n) is 20.0. The summed E-state index contributed by atoms with van der Waals surface area (Å²) in [5.74, 6) is 2.54. The van der Waals surface area contributed by atoms with Crippen molar-refractivity contribution in [3.63, 3.8) is 0 Å². The maximum absolute atomic E-state index is 10.5. The second-order valence-electron chi connectivity index (χ2n) is 11.1. The van der Waals surface area contributed by atoms with E-state index in [1.54, 1.807) is 0 Å². The van der Waals surface area contributed by atoms with Crippen LogP contribution in [0.15, 0.2) is 47.6 Å². The molecule has 2 saturated carbocycles. The summed E-state index contributed by atoms with van der Waals surface area (Å²) in [6.07, 6.45) is 18.2. The second-order valence-corrected chi connectivity index (χ2v) is 11.1. The molecule has 0 aromatic carbocycles. The topological polar surface area (TPSA) is 40.5 Å². The van der Waals surface area contributed by atoms with E-state index in [0.29, 0.717) is 23.2 Å². The molecule has 0 radical (unpaired) electrons. The fraction of sp³-hybridized carbons (Fsp3) is 0.714. The number of hydrogen-bond donors (Lipinski definition) is 2. The van der Waals surface area contributed by atoms with Gasteiger partial charge in [-0.3, -0.25) is 0 Å². The van der Waals surface area contributed by atoms with Gasteiger partial charge in [-0.1, -0.05) is 56.7 Å². The zero-order chi connectivity index (χ0) is 22.1. The van der Waals surface area contributed by atoms with Crippen LogP contribution in [0.2, 0.25) is 0 Å². The zero-order valence-corrected chi connectivity index (χ0v) is 20.0. The largest absolute Gasteiger partial charge is 0.393 e. The van der Waals surface area contributed by atoms with Crippen LogP contribution in [0.4, 0.5) is 0 Å². The third-order valence-electron chi connectivity index (χ3n) is 8.88. The molecule has 3 aliphatic rings. The first-order valence-electron chi connectivity index (χ1n) is 12.2. The number of aliphatic hydroxyl groups excluding tert-OH is 1. The molecular weight excluding hydrogens is 368 g/mol. The number of allylic oxidation sites excluding steroid dienone is 4. The Kier molecular flexibility index (Phi) is 7.19. The maximum Gasteiger partial charge on any atom is 0.100 e. The van der Waals surface area contributed by atoms with Crippen molar-refractivity contribution in [1.82, 2.24) is 0 Å². The van der Waals surface area contributed by atoms with E-state index >= 15 is 0 Å². The first-order chi connectivity index (χ1) is 14.0. The van der Waals surface area contributed by atoms with Gasteiger partial charge in [-0.15, -0.1) is 0 Å². The van der Waals surface area contributed by atoms with E-state index in [2.05, 4.69) is 45.6 Å². The number of rotatable bonds is 6. The summed E-state index contributed by atoms with van der Waals surface area (Å²) in [6, 6.07) is 0.